The van der Waals surface area contributed by atoms with Crippen molar-refractivity contribution >= 4 is 50.4 Å². The highest BCUT2D eigenvalue weighted by Gasteiger charge is 2.32. The van der Waals surface area contributed by atoms with Gasteiger partial charge in [0.2, 0.25) is 5.91 Å². The Morgan fingerprint density at radius 3 is 2.42 bits per heavy atom. The van der Waals surface area contributed by atoms with Gasteiger partial charge in [-0.05, 0) is 47.7 Å². The molecule has 0 saturated carbocycles. The molecule has 0 N–H and O–H groups in total. The van der Waals surface area contributed by atoms with E-state index < -0.39 is 0 Å². The fraction of sp³-hybridized carbons (Fsp3) is 0.500. The van der Waals surface area contributed by atoms with E-state index in [1.807, 2.05) is 26.6 Å². The molecule has 0 aliphatic carbocycles. The molecule has 0 unspecified atom stereocenters. The molecular formula is C18H20BrN3O2S2. The summed E-state index contributed by atoms with van der Waals surface area (Å²) in [5, 5.41) is 4.73. The highest BCUT2D eigenvalue weighted by Crippen LogP contribution is 2.32. The minimum Gasteiger partial charge on any atom is -0.342 e. The maximum Gasteiger partial charge on any atom is 0.273 e. The zero-order chi connectivity index (χ0) is 18.1. The van der Waals surface area contributed by atoms with Crippen molar-refractivity contribution in [3.05, 3.63) is 27.0 Å². The van der Waals surface area contributed by atoms with E-state index in [4.69, 9.17) is 0 Å². The van der Waals surface area contributed by atoms with Crippen LogP contribution in [0.2, 0.25) is 0 Å². The van der Waals surface area contributed by atoms with Crippen LogP contribution in [0.1, 0.15) is 36.2 Å². The number of aromatic nitrogens is 1. The normalized spacial score (nSPS) is 18.5. The van der Waals surface area contributed by atoms with E-state index in [9.17, 15) is 9.59 Å². The molecular weight excluding hydrogens is 434 g/mol. The molecule has 2 aliphatic heterocycles. The summed E-state index contributed by atoms with van der Waals surface area (Å²) < 4.78 is 1.03. The number of thiophene rings is 1. The number of carbonyl (C=O) groups is 2. The SMILES string of the molecule is O=C(c1csc(-c2cc(Br)cs2)n1)N1CCC(C(=O)N2CCCC2)CC1. The fourth-order valence-electron chi connectivity index (χ4n) is 3.60. The van der Waals surface area contributed by atoms with Gasteiger partial charge in [-0.1, -0.05) is 0 Å². The molecule has 0 aromatic carbocycles. The van der Waals surface area contributed by atoms with Crippen LogP contribution >= 0.6 is 38.6 Å². The van der Waals surface area contributed by atoms with Gasteiger partial charge in [-0.2, -0.15) is 0 Å². The van der Waals surface area contributed by atoms with Crippen molar-refractivity contribution in [3.63, 3.8) is 0 Å². The number of halogens is 1. The molecule has 2 fully saturated rings. The number of piperidine rings is 1. The second-order valence-electron chi connectivity index (χ2n) is 6.77. The zero-order valence-corrected chi connectivity index (χ0v) is 17.5. The minimum absolute atomic E-state index is 0.0183. The van der Waals surface area contributed by atoms with Crippen molar-refractivity contribution < 1.29 is 9.59 Å². The molecule has 2 aliphatic rings. The lowest BCUT2D eigenvalue weighted by molar-refractivity contribution is -0.135. The summed E-state index contributed by atoms with van der Waals surface area (Å²) in [6.45, 7) is 3.08. The molecule has 0 bridgehead atoms. The Bertz CT molecular complexity index is 805. The Balaban J connectivity index is 1.36. The largest absolute Gasteiger partial charge is 0.342 e. The first-order valence-electron chi connectivity index (χ1n) is 8.90. The zero-order valence-electron chi connectivity index (χ0n) is 14.3. The maximum absolute atomic E-state index is 12.8. The van der Waals surface area contributed by atoms with Crippen molar-refractivity contribution in [3.8, 4) is 9.88 Å². The van der Waals surface area contributed by atoms with E-state index in [-0.39, 0.29) is 17.7 Å². The summed E-state index contributed by atoms with van der Waals surface area (Å²) in [5.74, 6) is 0.343. The molecule has 2 aromatic rings. The van der Waals surface area contributed by atoms with Crippen LogP contribution in [0.15, 0.2) is 21.3 Å². The van der Waals surface area contributed by atoms with Gasteiger partial charge in [0.25, 0.3) is 5.91 Å². The third-order valence-electron chi connectivity index (χ3n) is 5.05. The second-order valence-corrected chi connectivity index (χ2v) is 9.45. The number of hydrogen-bond donors (Lipinski definition) is 0. The first kappa shape index (κ1) is 18.1. The molecule has 4 heterocycles. The van der Waals surface area contributed by atoms with E-state index >= 15 is 0 Å². The monoisotopic (exact) mass is 453 g/mol. The molecule has 0 atom stereocenters. The van der Waals surface area contributed by atoms with Crippen LogP contribution in [0.5, 0.6) is 0 Å². The maximum atomic E-state index is 12.8. The summed E-state index contributed by atoms with van der Waals surface area (Å²) in [6, 6.07) is 2.02. The Hall–Kier alpha value is -1.25. The molecule has 2 saturated heterocycles. The van der Waals surface area contributed by atoms with Crippen molar-refractivity contribution in [1.29, 1.82) is 0 Å². The van der Waals surface area contributed by atoms with Crippen LogP contribution < -0.4 is 0 Å². The summed E-state index contributed by atoms with van der Waals surface area (Å²) in [6.07, 6.45) is 3.76. The first-order valence-corrected chi connectivity index (χ1v) is 11.4. The third kappa shape index (κ3) is 3.73. The highest BCUT2D eigenvalue weighted by molar-refractivity contribution is 9.10. The summed E-state index contributed by atoms with van der Waals surface area (Å²) in [5.41, 5.74) is 0.513. The van der Waals surface area contributed by atoms with Gasteiger partial charge < -0.3 is 9.80 Å². The third-order valence-corrected chi connectivity index (χ3v) is 7.75. The average molecular weight is 454 g/mol. The summed E-state index contributed by atoms with van der Waals surface area (Å²) in [7, 11) is 0. The Kier molecular flexibility index (Phi) is 5.42. The number of nitrogens with zero attached hydrogens (tertiary/aromatic N) is 3. The van der Waals surface area contributed by atoms with Gasteiger partial charge in [0.05, 0.1) is 4.88 Å². The quantitative estimate of drug-likeness (QED) is 0.702. The highest BCUT2D eigenvalue weighted by atomic mass is 79.9. The fourth-order valence-corrected chi connectivity index (χ4v) is 5.90. The number of hydrogen-bond acceptors (Lipinski definition) is 5. The predicted octanol–water partition coefficient (Wildman–Crippen LogP) is 4.11. The number of rotatable bonds is 3. The van der Waals surface area contributed by atoms with Crippen molar-refractivity contribution in [2.45, 2.75) is 25.7 Å². The minimum atomic E-state index is -0.0183. The van der Waals surface area contributed by atoms with Crippen molar-refractivity contribution in [2.24, 2.45) is 5.92 Å². The molecule has 0 spiro atoms. The summed E-state index contributed by atoms with van der Waals surface area (Å²) in [4.78, 5) is 34.7. The molecule has 2 aromatic heterocycles. The number of thiazole rings is 1. The van der Waals surface area contributed by atoms with Crippen LogP contribution in [-0.4, -0.2) is 52.8 Å². The standard InChI is InChI=1S/C18H20BrN3O2S2/c19-13-9-15(25-10-13)16-20-14(11-26-16)18(24)22-7-3-12(4-8-22)17(23)21-5-1-2-6-21/h9-12H,1-8H2. The Labute approximate surface area is 169 Å². The van der Waals surface area contributed by atoms with E-state index in [1.165, 1.54) is 11.3 Å². The van der Waals surface area contributed by atoms with Crippen LogP contribution in [-0.2, 0) is 4.79 Å². The van der Waals surface area contributed by atoms with Gasteiger partial charge in [0.15, 0.2) is 0 Å². The predicted molar refractivity (Wildman–Crippen MR) is 108 cm³/mol. The molecule has 8 heteroatoms. The molecule has 4 rings (SSSR count). The molecule has 26 heavy (non-hydrogen) atoms. The van der Waals surface area contributed by atoms with E-state index in [2.05, 4.69) is 20.9 Å². The van der Waals surface area contributed by atoms with Crippen molar-refractivity contribution in [1.82, 2.24) is 14.8 Å². The lowest BCUT2D eigenvalue weighted by Crippen LogP contribution is -2.43. The van der Waals surface area contributed by atoms with E-state index in [0.717, 1.165) is 53.1 Å². The molecule has 5 nitrogen and oxygen atoms in total. The number of amides is 2. The Morgan fingerprint density at radius 1 is 1.04 bits per heavy atom. The lowest BCUT2D eigenvalue weighted by atomic mass is 9.95. The van der Waals surface area contributed by atoms with Crippen LogP contribution in [0.25, 0.3) is 9.88 Å². The van der Waals surface area contributed by atoms with Gasteiger partial charge in [0.1, 0.15) is 10.7 Å². The average Bonchev–Trinajstić information content (AvgIpc) is 3.41. The smallest absolute Gasteiger partial charge is 0.273 e. The van der Waals surface area contributed by atoms with Crippen LogP contribution in [0, 0.1) is 5.92 Å². The van der Waals surface area contributed by atoms with Gasteiger partial charge in [-0.15, -0.1) is 22.7 Å². The van der Waals surface area contributed by atoms with Crippen LogP contribution in [0.3, 0.4) is 0 Å². The molecule has 138 valence electrons. The second kappa shape index (κ2) is 7.78. The molecule has 0 radical (unpaired) electrons. The Morgan fingerprint density at radius 2 is 1.77 bits per heavy atom. The summed E-state index contributed by atoms with van der Waals surface area (Å²) >= 11 is 6.56. The van der Waals surface area contributed by atoms with E-state index in [0.29, 0.717) is 18.8 Å². The van der Waals surface area contributed by atoms with Gasteiger partial charge in [-0.3, -0.25) is 9.59 Å². The van der Waals surface area contributed by atoms with Gasteiger partial charge in [-0.25, -0.2) is 4.98 Å². The van der Waals surface area contributed by atoms with Gasteiger partial charge >= 0.3 is 0 Å². The lowest BCUT2D eigenvalue weighted by Gasteiger charge is -2.32. The van der Waals surface area contributed by atoms with Crippen LogP contribution in [0.4, 0.5) is 0 Å². The van der Waals surface area contributed by atoms with Gasteiger partial charge in [0, 0.05) is 47.3 Å². The first-order chi connectivity index (χ1) is 12.6. The van der Waals surface area contributed by atoms with Crippen molar-refractivity contribution in [2.75, 3.05) is 26.2 Å². The number of likely N-dealkylation sites (tertiary alicyclic amines) is 2. The topological polar surface area (TPSA) is 53.5 Å². The molecule has 2 amide bonds. The number of carbonyl (C=O) groups excluding carboxylic acids is 2. The van der Waals surface area contributed by atoms with E-state index in [1.54, 1.807) is 11.3 Å².